The van der Waals surface area contributed by atoms with E-state index in [1.807, 2.05) is 59.5 Å². The number of carbonyl (C=O) groups excluding carboxylic acids is 1. The van der Waals surface area contributed by atoms with Crippen molar-refractivity contribution in [2.45, 2.75) is 24.9 Å². The summed E-state index contributed by atoms with van der Waals surface area (Å²) in [5, 5.41) is 0. The van der Waals surface area contributed by atoms with E-state index in [1.54, 1.807) is 0 Å². The van der Waals surface area contributed by atoms with Crippen molar-refractivity contribution in [3.63, 3.8) is 0 Å². The molecule has 1 aliphatic heterocycles. The molecule has 3 atom stereocenters. The molecule has 2 nitrogen and oxygen atoms in total. The van der Waals surface area contributed by atoms with Crippen molar-refractivity contribution in [2.75, 3.05) is 0 Å². The van der Waals surface area contributed by atoms with Gasteiger partial charge in [-0.15, -0.1) is 0 Å². The van der Waals surface area contributed by atoms with Crippen molar-refractivity contribution in [1.82, 2.24) is 4.90 Å². The predicted molar refractivity (Wildman–Crippen MR) is 100 cm³/mol. The van der Waals surface area contributed by atoms with Crippen LogP contribution in [0.25, 0.3) is 0 Å². The van der Waals surface area contributed by atoms with E-state index < -0.39 is 0 Å². The maximum Gasteiger partial charge on any atom is 0.233 e. The van der Waals surface area contributed by atoms with Crippen LogP contribution >= 0.6 is 0 Å². The van der Waals surface area contributed by atoms with Gasteiger partial charge in [0.25, 0.3) is 0 Å². The fourth-order valence-corrected chi connectivity index (χ4v) is 3.82. The summed E-state index contributed by atoms with van der Waals surface area (Å²) in [7, 11) is 0. The van der Waals surface area contributed by atoms with E-state index in [0.717, 1.165) is 5.56 Å². The number of hydrogen-bond donors (Lipinski definition) is 0. The van der Waals surface area contributed by atoms with Gasteiger partial charge in [-0.2, -0.15) is 0 Å². The lowest BCUT2D eigenvalue weighted by Gasteiger charge is -2.51. The van der Waals surface area contributed by atoms with E-state index >= 15 is 0 Å². The second-order valence-corrected chi connectivity index (χ2v) is 6.58. The summed E-state index contributed by atoms with van der Waals surface area (Å²) in [5.41, 5.74) is 3.46. The molecule has 1 heterocycles. The third kappa shape index (κ3) is 2.74. The Morgan fingerprint density at radius 3 is 1.76 bits per heavy atom. The summed E-state index contributed by atoms with van der Waals surface area (Å²) < 4.78 is 0. The van der Waals surface area contributed by atoms with Crippen molar-refractivity contribution in [2.24, 2.45) is 0 Å². The first kappa shape index (κ1) is 15.6. The molecule has 0 radical (unpaired) electrons. The number of hydrogen-bond acceptors (Lipinski definition) is 1. The minimum Gasteiger partial charge on any atom is -0.327 e. The van der Waals surface area contributed by atoms with Crippen molar-refractivity contribution in [3.05, 3.63) is 108 Å². The van der Waals surface area contributed by atoms with Crippen LogP contribution in [-0.2, 0) is 4.79 Å². The highest BCUT2D eigenvalue weighted by atomic mass is 16.2. The first-order valence-corrected chi connectivity index (χ1v) is 8.74. The van der Waals surface area contributed by atoms with Gasteiger partial charge in [-0.05, 0) is 23.6 Å². The lowest BCUT2D eigenvalue weighted by atomic mass is 9.76. The molecule has 1 amide bonds. The lowest BCUT2D eigenvalue weighted by Crippen LogP contribution is -2.54. The zero-order valence-electron chi connectivity index (χ0n) is 14.2. The Bertz CT molecular complexity index is 845. The zero-order valence-corrected chi connectivity index (χ0v) is 14.2. The molecule has 4 rings (SSSR count). The van der Waals surface area contributed by atoms with Crippen LogP contribution in [-0.4, -0.2) is 10.8 Å². The molecule has 0 aliphatic carbocycles. The predicted octanol–water partition coefficient (Wildman–Crippen LogP) is 5.11. The molecule has 2 heteroatoms. The van der Waals surface area contributed by atoms with Gasteiger partial charge in [-0.25, -0.2) is 0 Å². The van der Waals surface area contributed by atoms with Crippen LogP contribution in [0.1, 0.15) is 41.6 Å². The van der Waals surface area contributed by atoms with E-state index in [1.165, 1.54) is 11.1 Å². The van der Waals surface area contributed by atoms with E-state index in [2.05, 4.69) is 43.3 Å². The molecule has 0 unspecified atom stereocenters. The second kappa shape index (κ2) is 6.56. The Morgan fingerprint density at radius 2 is 1.20 bits per heavy atom. The van der Waals surface area contributed by atoms with E-state index in [0.29, 0.717) is 0 Å². The number of carbonyl (C=O) groups is 1. The molecule has 0 saturated carbocycles. The molecular weight excluding hydrogens is 306 g/mol. The van der Waals surface area contributed by atoms with E-state index in [-0.39, 0.29) is 23.9 Å². The van der Waals surface area contributed by atoms with Gasteiger partial charge in [0.2, 0.25) is 5.91 Å². The Labute approximate surface area is 148 Å². The average molecular weight is 327 g/mol. The Balaban J connectivity index is 1.73. The summed E-state index contributed by atoms with van der Waals surface area (Å²) in [6.07, 6.45) is 0. The molecule has 3 aromatic rings. The Hall–Kier alpha value is -2.87. The minimum absolute atomic E-state index is 0.0545. The van der Waals surface area contributed by atoms with Crippen molar-refractivity contribution < 1.29 is 4.79 Å². The number of amides is 1. The second-order valence-electron chi connectivity index (χ2n) is 6.58. The van der Waals surface area contributed by atoms with Gasteiger partial charge < -0.3 is 4.90 Å². The number of likely N-dealkylation sites (tertiary alicyclic amines) is 1. The highest BCUT2D eigenvalue weighted by Gasteiger charge is 2.50. The van der Waals surface area contributed by atoms with Crippen LogP contribution < -0.4 is 0 Å². The Morgan fingerprint density at radius 1 is 0.720 bits per heavy atom. The fourth-order valence-electron chi connectivity index (χ4n) is 3.82. The number of rotatable bonds is 4. The number of nitrogens with zero attached hydrogens (tertiary/aromatic N) is 1. The number of β-lactam (4-membered cyclic amide) rings is 1. The molecule has 0 bridgehead atoms. The van der Waals surface area contributed by atoms with Gasteiger partial charge in [0, 0.05) is 0 Å². The summed E-state index contributed by atoms with van der Waals surface area (Å²) in [6.45, 7) is 2.12. The van der Waals surface area contributed by atoms with Crippen molar-refractivity contribution in [3.8, 4) is 0 Å². The first-order valence-electron chi connectivity index (χ1n) is 8.74. The SMILES string of the molecule is C[C@H](c1ccccc1)N1C(=O)[C@H](c2ccccc2)[C@H]1c1ccccc1. The summed E-state index contributed by atoms with van der Waals surface area (Å²) in [5.74, 6) is 0.103. The molecule has 25 heavy (non-hydrogen) atoms. The molecule has 0 N–H and O–H groups in total. The van der Waals surface area contributed by atoms with Gasteiger partial charge in [-0.1, -0.05) is 91.0 Å². The molecule has 124 valence electrons. The molecule has 1 saturated heterocycles. The van der Waals surface area contributed by atoms with Gasteiger partial charge in [0.1, 0.15) is 0 Å². The highest BCUT2D eigenvalue weighted by Crippen LogP contribution is 2.50. The molecule has 0 spiro atoms. The van der Waals surface area contributed by atoms with Crippen LogP contribution in [0.3, 0.4) is 0 Å². The summed E-state index contributed by atoms with van der Waals surface area (Å²) in [6, 6.07) is 30.9. The maximum atomic E-state index is 13.1. The molecule has 1 aliphatic rings. The summed E-state index contributed by atoms with van der Waals surface area (Å²) >= 11 is 0. The largest absolute Gasteiger partial charge is 0.327 e. The zero-order chi connectivity index (χ0) is 17.2. The third-order valence-corrected chi connectivity index (χ3v) is 5.13. The smallest absolute Gasteiger partial charge is 0.233 e. The third-order valence-electron chi connectivity index (χ3n) is 5.13. The maximum absolute atomic E-state index is 13.1. The van der Waals surface area contributed by atoms with Crippen molar-refractivity contribution >= 4 is 5.91 Å². The quantitative estimate of drug-likeness (QED) is 0.609. The van der Waals surface area contributed by atoms with Crippen LogP contribution in [0.5, 0.6) is 0 Å². The van der Waals surface area contributed by atoms with Gasteiger partial charge in [-0.3, -0.25) is 4.79 Å². The van der Waals surface area contributed by atoms with Crippen LogP contribution in [0.2, 0.25) is 0 Å². The first-order chi connectivity index (χ1) is 12.3. The standard InChI is InChI=1S/C23H21NO/c1-17(18-11-5-2-6-12-18)24-22(20-15-9-4-10-16-20)21(23(24)25)19-13-7-3-8-14-19/h2-17,21-22H,1H3/t17-,21-,22-/m1/s1. The van der Waals surface area contributed by atoms with Gasteiger partial charge >= 0.3 is 0 Å². The molecule has 0 aromatic heterocycles. The molecule has 3 aromatic carbocycles. The topological polar surface area (TPSA) is 20.3 Å². The fraction of sp³-hybridized carbons (Fsp3) is 0.174. The highest BCUT2D eigenvalue weighted by molar-refractivity contribution is 5.92. The monoisotopic (exact) mass is 327 g/mol. The average Bonchev–Trinajstić information content (AvgIpc) is 2.68. The molecule has 1 fully saturated rings. The van der Waals surface area contributed by atoms with E-state index in [9.17, 15) is 4.79 Å². The van der Waals surface area contributed by atoms with Gasteiger partial charge in [0.05, 0.1) is 18.0 Å². The van der Waals surface area contributed by atoms with Crippen molar-refractivity contribution in [1.29, 1.82) is 0 Å². The van der Waals surface area contributed by atoms with Gasteiger partial charge in [0.15, 0.2) is 0 Å². The van der Waals surface area contributed by atoms with Crippen LogP contribution in [0, 0.1) is 0 Å². The summed E-state index contributed by atoms with van der Waals surface area (Å²) in [4.78, 5) is 15.1. The Kier molecular flexibility index (Phi) is 4.10. The lowest BCUT2D eigenvalue weighted by molar-refractivity contribution is -0.154. The minimum atomic E-state index is -0.102. The van der Waals surface area contributed by atoms with E-state index in [4.69, 9.17) is 0 Å². The van der Waals surface area contributed by atoms with Crippen LogP contribution in [0.15, 0.2) is 91.0 Å². The van der Waals surface area contributed by atoms with Crippen LogP contribution in [0.4, 0.5) is 0 Å². The normalized spacial score (nSPS) is 20.8. The molecular formula is C23H21NO. The number of benzene rings is 3.